The first-order chi connectivity index (χ1) is 10.4. The van der Waals surface area contributed by atoms with Gasteiger partial charge in [0.25, 0.3) is 0 Å². The van der Waals surface area contributed by atoms with Gasteiger partial charge in [-0.25, -0.2) is 17.5 Å². The molecule has 22 heavy (non-hydrogen) atoms. The summed E-state index contributed by atoms with van der Waals surface area (Å²) in [6.07, 6.45) is 1.09. The molecular weight excluding hydrogens is 311 g/mol. The van der Waals surface area contributed by atoms with Crippen LogP contribution in [0.4, 0.5) is 4.39 Å². The van der Waals surface area contributed by atoms with Crippen molar-refractivity contribution in [3.05, 3.63) is 41.5 Å². The normalized spacial score (nSPS) is 11.6. The summed E-state index contributed by atoms with van der Waals surface area (Å²) in [5.74, 6) is 0.151. The van der Waals surface area contributed by atoms with Gasteiger partial charge in [0.15, 0.2) is 0 Å². The van der Waals surface area contributed by atoms with Crippen LogP contribution < -0.4 is 9.46 Å². The number of methoxy groups -OCH3 is 1. The Morgan fingerprint density at radius 3 is 2.77 bits per heavy atom. The van der Waals surface area contributed by atoms with Crippen LogP contribution >= 0.6 is 0 Å². The summed E-state index contributed by atoms with van der Waals surface area (Å²) >= 11 is 0. The summed E-state index contributed by atoms with van der Waals surface area (Å²) in [4.78, 5) is -0.217. The smallest absolute Gasteiger partial charge is 0.244 e. The first kappa shape index (κ1) is 16.4. The van der Waals surface area contributed by atoms with Crippen molar-refractivity contribution in [1.82, 2.24) is 9.88 Å². The van der Waals surface area contributed by atoms with E-state index in [1.807, 2.05) is 6.92 Å². The molecule has 8 heteroatoms. The highest BCUT2D eigenvalue weighted by atomic mass is 32.2. The molecule has 0 atom stereocenters. The third-order valence-electron chi connectivity index (χ3n) is 2.98. The van der Waals surface area contributed by atoms with E-state index in [0.29, 0.717) is 18.6 Å². The molecule has 1 N–H and O–H groups in total. The first-order valence-corrected chi connectivity index (χ1v) is 8.16. The number of sulfonamides is 1. The van der Waals surface area contributed by atoms with E-state index in [1.165, 1.54) is 13.2 Å². The van der Waals surface area contributed by atoms with Crippen LogP contribution in [0.5, 0.6) is 5.75 Å². The minimum atomic E-state index is -3.84. The third kappa shape index (κ3) is 4.05. The zero-order chi connectivity index (χ0) is 16.2. The molecule has 1 heterocycles. The van der Waals surface area contributed by atoms with Crippen LogP contribution in [0.1, 0.15) is 17.9 Å². The minimum Gasteiger partial charge on any atom is -0.495 e. The Balaban J connectivity index is 1.98. The molecule has 0 aliphatic heterocycles. The molecule has 2 aromatic rings. The number of aromatic nitrogens is 1. The zero-order valence-electron chi connectivity index (χ0n) is 12.3. The van der Waals surface area contributed by atoms with Gasteiger partial charge in [0.05, 0.1) is 12.8 Å². The van der Waals surface area contributed by atoms with Crippen LogP contribution in [0.15, 0.2) is 33.7 Å². The average Bonchev–Trinajstić information content (AvgIpc) is 2.89. The molecule has 2 rings (SSSR count). The van der Waals surface area contributed by atoms with Crippen LogP contribution in [-0.4, -0.2) is 27.2 Å². The molecule has 0 bridgehead atoms. The standard InChI is InChI=1S/C14H17FN2O4S/c1-10-8-12(21-17-10)4-3-7-16-22(18,19)14-9-11(15)5-6-13(14)20-2/h5-6,8-9,16H,3-4,7H2,1-2H3. The van der Waals surface area contributed by atoms with Gasteiger partial charge >= 0.3 is 0 Å². The van der Waals surface area contributed by atoms with Gasteiger partial charge in [-0.15, -0.1) is 0 Å². The summed E-state index contributed by atoms with van der Waals surface area (Å²) in [6.45, 7) is 2.01. The maximum Gasteiger partial charge on any atom is 0.244 e. The Labute approximate surface area is 128 Å². The second-order valence-corrected chi connectivity index (χ2v) is 6.47. The van der Waals surface area contributed by atoms with Crippen molar-refractivity contribution in [2.75, 3.05) is 13.7 Å². The Hall–Kier alpha value is -1.93. The van der Waals surface area contributed by atoms with Crippen LogP contribution in [0.2, 0.25) is 0 Å². The highest BCUT2D eigenvalue weighted by Gasteiger charge is 2.19. The molecule has 0 saturated heterocycles. The van der Waals surface area contributed by atoms with E-state index in [0.717, 1.165) is 17.8 Å². The fourth-order valence-electron chi connectivity index (χ4n) is 1.94. The van der Waals surface area contributed by atoms with E-state index in [1.54, 1.807) is 6.07 Å². The van der Waals surface area contributed by atoms with Crippen LogP contribution in [0.3, 0.4) is 0 Å². The lowest BCUT2D eigenvalue weighted by Gasteiger charge is -2.10. The molecule has 0 spiro atoms. The van der Waals surface area contributed by atoms with E-state index in [9.17, 15) is 12.8 Å². The number of halogens is 1. The van der Waals surface area contributed by atoms with Gasteiger partial charge < -0.3 is 9.26 Å². The zero-order valence-corrected chi connectivity index (χ0v) is 13.1. The molecule has 1 aromatic carbocycles. The van der Waals surface area contributed by atoms with Gasteiger partial charge in [0.1, 0.15) is 22.2 Å². The van der Waals surface area contributed by atoms with Crippen molar-refractivity contribution in [1.29, 1.82) is 0 Å². The average molecular weight is 328 g/mol. The third-order valence-corrected chi connectivity index (χ3v) is 4.47. The highest BCUT2D eigenvalue weighted by Crippen LogP contribution is 2.24. The fraction of sp³-hybridized carbons (Fsp3) is 0.357. The van der Waals surface area contributed by atoms with Gasteiger partial charge in [0.2, 0.25) is 10.0 Å². The van der Waals surface area contributed by atoms with Crippen LogP contribution in [0.25, 0.3) is 0 Å². The van der Waals surface area contributed by atoms with E-state index >= 15 is 0 Å². The van der Waals surface area contributed by atoms with Gasteiger partial charge in [-0.2, -0.15) is 0 Å². The maximum absolute atomic E-state index is 13.3. The highest BCUT2D eigenvalue weighted by molar-refractivity contribution is 7.89. The van der Waals surface area contributed by atoms with Crippen LogP contribution in [0, 0.1) is 12.7 Å². The summed E-state index contributed by atoms with van der Waals surface area (Å²) < 4.78 is 50.0. The topological polar surface area (TPSA) is 81.4 Å². The lowest BCUT2D eigenvalue weighted by Crippen LogP contribution is -2.25. The van der Waals surface area contributed by atoms with Gasteiger partial charge in [-0.3, -0.25) is 0 Å². The number of nitrogens with one attached hydrogen (secondary N) is 1. The SMILES string of the molecule is COc1ccc(F)cc1S(=O)(=O)NCCCc1cc(C)no1. The lowest BCUT2D eigenvalue weighted by molar-refractivity contribution is 0.377. The van der Waals surface area contributed by atoms with Gasteiger partial charge in [-0.05, 0) is 31.5 Å². The molecule has 120 valence electrons. The monoisotopic (exact) mass is 328 g/mol. The molecule has 0 amide bonds. The molecule has 0 aliphatic rings. The second kappa shape index (κ2) is 6.89. The number of nitrogens with zero attached hydrogens (tertiary/aromatic N) is 1. The first-order valence-electron chi connectivity index (χ1n) is 6.68. The van der Waals surface area contributed by atoms with Gasteiger partial charge in [0, 0.05) is 19.0 Å². The molecular formula is C14H17FN2O4S. The van der Waals surface area contributed by atoms with E-state index in [2.05, 4.69) is 9.88 Å². The summed E-state index contributed by atoms with van der Waals surface area (Å²) in [5, 5.41) is 3.75. The van der Waals surface area contributed by atoms with Crippen molar-refractivity contribution in [3.8, 4) is 5.75 Å². The van der Waals surface area contributed by atoms with E-state index in [-0.39, 0.29) is 17.2 Å². The molecule has 0 fully saturated rings. The van der Waals surface area contributed by atoms with Crippen molar-refractivity contribution < 1.29 is 22.1 Å². The fourth-order valence-corrected chi connectivity index (χ4v) is 3.19. The number of benzene rings is 1. The quantitative estimate of drug-likeness (QED) is 0.787. The van der Waals surface area contributed by atoms with Crippen molar-refractivity contribution in [2.45, 2.75) is 24.7 Å². The Morgan fingerprint density at radius 1 is 1.36 bits per heavy atom. The largest absolute Gasteiger partial charge is 0.495 e. The summed E-state index contributed by atoms with van der Waals surface area (Å²) in [6, 6.07) is 5.15. The van der Waals surface area contributed by atoms with E-state index < -0.39 is 15.8 Å². The van der Waals surface area contributed by atoms with Crippen molar-refractivity contribution >= 4 is 10.0 Å². The molecule has 1 aromatic heterocycles. The van der Waals surface area contributed by atoms with E-state index in [4.69, 9.17) is 9.26 Å². The number of ether oxygens (including phenoxy) is 1. The minimum absolute atomic E-state index is 0.0970. The summed E-state index contributed by atoms with van der Waals surface area (Å²) in [7, 11) is -2.50. The number of hydrogen-bond donors (Lipinski definition) is 1. The summed E-state index contributed by atoms with van der Waals surface area (Å²) in [5.41, 5.74) is 0.778. The maximum atomic E-state index is 13.3. The van der Waals surface area contributed by atoms with Gasteiger partial charge in [-0.1, -0.05) is 5.16 Å². The Kier molecular flexibility index (Phi) is 5.15. The molecule has 0 radical (unpaired) electrons. The van der Waals surface area contributed by atoms with Crippen molar-refractivity contribution in [2.24, 2.45) is 0 Å². The van der Waals surface area contributed by atoms with Crippen molar-refractivity contribution in [3.63, 3.8) is 0 Å². The lowest BCUT2D eigenvalue weighted by atomic mass is 10.2. The predicted octanol–water partition coefficient (Wildman–Crippen LogP) is 2.04. The Bertz CT molecular complexity index is 743. The molecule has 0 unspecified atom stereocenters. The number of aryl methyl sites for hydroxylation is 2. The number of rotatable bonds is 7. The molecule has 0 saturated carbocycles. The molecule has 0 aliphatic carbocycles. The molecule has 6 nitrogen and oxygen atoms in total. The number of hydrogen-bond acceptors (Lipinski definition) is 5. The Morgan fingerprint density at radius 2 is 2.14 bits per heavy atom. The second-order valence-electron chi connectivity index (χ2n) is 4.73. The van der Waals surface area contributed by atoms with Crippen LogP contribution in [-0.2, 0) is 16.4 Å². The predicted molar refractivity (Wildman–Crippen MR) is 77.7 cm³/mol.